The number of halogens is 1. The Morgan fingerprint density at radius 2 is 2.05 bits per heavy atom. The van der Waals surface area contributed by atoms with Crippen LogP contribution in [0.15, 0.2) is 24.3 Å². The van der Waals surface area contributed by atoms with Gasteiger partial charge in [0.25, 0.3) is 5.91 Å². The number of nitrogens with one attached hydrogen (secondary N) is 2. The minimum absolute atomic E-state index is 0.0794. The maximum Gasteiger partial charge on any atom is 0.251 e. The monoisotopic (exact) mass is 325 g/mol. The molecular formula is C14H16ClN3O2S. The molecule has 2 N–H and O–H groups in total. The van der Waals surface area contributed by atoms with Crippen molar-refractivity contribution < 1.29 is 9.59 Å². The molecule has 0 aromatic heterocycles. The van der Waals surface area contributed by atoms with Crippen LogP contribution in [0.5, 0.6) is 0 Å². The first-order chi connectivity index (χ1) is 10.1. The van der Waals surface area contributed by atoms with Crippen molar-refractivity contribution in [1.29, 1.82) is 5.26 Å². The summed E-state index contributed by atoms with van der Waals surface area (Å²) in [6.45, 7) is -0.0794. The third-order valence-electron chi connectivity index (χ3n) is 2.67. The van der Waals surface area contributed by atoms with Crippen molar-refractivity contribution >= 4 is 35.2 Å². The molecular weight excluding hydrogens is 310 g/mol. The van der Waals surface area contributed by atoms with Crippen LogP contribution in [0.4, 0.5) is 0 Å². The predicted molar refractivity (Wildman–Crippen MR) is 84.3 cm³/mol. The van der Waals surface area contributed by atoms with Crippen molar-refractivity contribution in [2.45, 2.75) is 11.9 Å². The molecule has 0 aliphatic rings. The van der Waals surface area contributed by atoms with Crippen LogP contribution in [0, 0.1) is 11.3 Å². The number of thioether (sulfide) groups is 1. The zero-order valence-corrected chi connectivity index (χ0v) is 13.1. The molecule has 1 aromatic carbocycles. The number of carbonyl (C=O) groups is 2. The number of nitrogens with zero attached hydrogens (tertiary/aromatic N) is 1. The molecule has 0 saturated carbocycles. The van der Waals surface area contributed by atoms with Gasteiger partial charge in [0.1, 0.15) is 12.6 Å². The molecule has 0 radical (unpaired) electrons. The summed E-state index contributed by atoms with van der Waals surface area (Å²) in [6.07, 6.45) is 1.84. The quantitative estimate of drug-likeness (QED) is 0.588. The Morgan fingerprint density at radius 3 is 2.57 bits per heavy atom. The van der Waals surface area contributed by atoms with E-state index in [9.17, 15) is 9.59 Å². The van der Waals surface area contributed by atoms with Gasteiger partial charge in [-0.1, -0.05) is 12.1 Å². The van der Waals surface area contributed by atoms with Crippen LogP contribution < -0.4 is 10.6 Å². The van der Waals surface area contributed by atoms with Gasteiger partial charge >= 0.3 is 0 Å². The average molecular weight is 326 g/mol. The standard InChI is InChI=1S/C14H16ClN3O2S/c1-21-9-12(14(20)17-7-6-16)18-13(19)11-4-2-10(8-15)3-5-11/h2-5,12H,7-9H2,1H3,(H,17,20)(H,18,19). The highest BCUT2D eigenvalue weighted by Crippen LogP contribution is 2.07. The summed E-state index contributed by atoms with van der Waals surface area (Å²) in [5, 5.41) is 13.6. The van der Waals surface area contributed by atoms with Crippen LogP contribution >= 0.6 is 23.4 Å². The summed E-state index contributed by atoms with van der Waals surface area (Å²) in [4.78, 5) is 24.0. The SMILES string of the molecule is CSCC(NC(=O)c1ccc(CCl)cc1)C(=O)NCC#N. The van der Waals surface area contributed by atoms with E-state index in [4.69, 9.17) is 16.9 Å². The van der Waals surface area contributed by atoms with Crippen molar-refractivity contribution in [1.82, 2.24) is 10.6 Å². The molecule has 0 spiro atoms. The van der Waals surface area contributed by atoms with Crippen LogP contribution in [0.1, 0.15) is 15.9 Å². The Morgan fingerprint density at radius 1 is 1.38 bits per heavy atom. The molecule has 21 heavy (non-hydrogen) atoms. The number of carbonyl (C=O) groups excluding carboxylic acids is 2. The first-order valence-corrected chi connectivity index (χ1v) is 8.14. The van der Waals surface area contributed by atoms with E-state index in [2.05, 4.69) is 10.6 Å². The minimum atomic E-state index is -0.673. The summed E-state index contributed by atoms with van der Waals surface area (Å²) < 4.78 is 0. The Hall–Kier alpha value is -1.71. The predicted octanol–water partition coefficient (Wildman–Crippen LogP) is 1.53. The van der Waals surface area contributed by atoms with Crippen LogP contribution in [0.25, 0.3) is 0 Å². The second kappa shape index (κ2) is 9.27. The van der Waals surface area contributed by atoms with E-state index in [0.29, 0.717) is 17.2 Å². The van der Waals surface area contributed by atoms with E-state index in [-0.39, 0.29) is 18.4 Å². The van der Waals surface area contributed by atoms with Crippen molar-refractivity contribution in [3.63, 3.8) is 0 Å². The summed E-state index contributed by atoms with van der Waals surface area (Å²) in [5.41, 5.74) is 1.38. The zero-order chi connectivity index (χ0) is 15.7. The van der Waals surface area contributed by atoms with Crippen molar-refractivity contribution in [2.75, 3.05) is 18.6 Å². The highest BCUT2D eigenvalue weighted by atomic mass is 35.5. The molecule has 1 rings (SSSR count). The number of hydrogen-bond donors (Lipinski definition) is 2. The lowest BCUT2D eigenvalue weighted by Gasteiger charge is -2.16. The maximum absolute atomic E-state index is 12.1. The number of nitriles is 1. The van der Waals surface area contributed by atoms with Gasteiger partial charge in [-0.2, -0.15) is 17.0 Å². The number of rotatable bonds is 7. The molecule has 1 aromatic rings. The third kappa shape index (κ3) is 5.66. The summed E-state index contributed by atoms with van der Waals surface area (Å²) in [6, 6.07) is 8.01. The van der Waals surface area contributed by atoms with E-state index in [1.807, 2.05) is 12.3 Å². The van der Waals surface area contributed by atoms with E-state index < -0.39 is 6.04 Å². The number of amides is 2. The lowest BCUT2D eigenvalue weighted by Crippen LogP contribution is -2.48. The van der Waals surface area contributed by atoms with Crippen LogP contribution in [0.2, 0.25) is 0 Å². The molecule has 0 aliphatic carbocycles. The van der Waals surface area contributed by atoms with Gasteiger partial charge in [0.05, 0.1) is 6.07 Å². The van der Waals surface area contributed by atoms with E-state index in [0.717, 1.165) is 5.56 Å². The fourth-order valence-electron chi connectivity index (χ4n) is 1.59. The van der Waals surface area contributed by atoms with Crippen molar-refractivity contribution in [2.24, 2.45) is 0 Å². The first-order valence-electron chi connectivity index (χ1n) is 6.21. The van der Waals surface area contributed by atoms with Gasteiger partial charge in [-0.05, 0) is 24.0 Å². The number of hydrogen-bond acceptors (Lipinski definition) is 4. The lowest BCUT2D eigenvalue weighted by molar-refractivity contribution is -0.122. The van der Waals surface area contributed by atoms with E-state index in [1.54, 1.807) is 24.3 Å². The molecule has 0 fully saturated rings. The molecule has 0 bridgehead atoms. The molecule has 112 valence electrons. The lowest BCUT2D eigenvalue weighted by atomic mass is 10.1. The fraction of sp³-hybridized carbons (Fsp3) is 0.357. The number of benzene rings is 1. The molecule has 1 atom stereocenters. The molecule has 0 saturated heterocycles. The van der Waals surface area contributed by atoms with Crippen molar-refractivity contribution in [3.05, 3.63) is 35.4 Å². The van der Waals surface area contributed by atoms with Gasteiger partial charge in [-0.15, -0.1) is 11.6 Å². The summed E-state index contributed by atoms with van der Waals surface area (Å²) in [5.74, 6) is 0.120. The second-order valence-corrected chi connectivity index (χ2v) is 5.37. The highest BCUT2D eigenvalue weighted by Gasteiger charge is 2.20. The first kappa shape index (κ1) is 17.3. The molecule has 2 amide bonds. The molecule has 5 nitrogen and oxygen atoms in total. The van der Waals surface area contributed by atoms with E-state index in [1.165, 1.54) is 11.8 Å². The molecule has 7 heteroatoms. The summed E-state index contributed by atoms with van der Waals surface area (Å²) in [7, 11) is 0. The topological polar surface area (TPSA) is 82.0 Å². The average Bonchev–Trinajstić information content (AvgIpc) is 2.52. The normalized spacial score (nSPS) is 11.3. The van der Waals surface area contributed by atoms with Gasteiger partial charge in [-0.3, -0.25) is 9.59 Å². The van der Waals surface area contributed by atoms with Crippen LogP contribution in [-0.4, -0.2) is 36.4 Å². The highest BCUT2D eigenvalue weighted by molar-refractivity contribution is 7.98. The molecule has 0 aliphatic heterocycles. The smallest absolute Gasteiger partial charge is 0.251 e. The Labute approximate surface area is 133 Å². The third-order valence-corrected chi connectivity index (χ3v) is 3.64. The van der Waals surface area contributed by atoms with Crippen LogP contribution in [-0.2, 0) is 10.7 Å². The second-order valence-electron chi connectivity index (χ2n) is 4.19. The molecule has 1 unspecified atom stereocenters. The van der Waals surface area contributed by atoms with E-state index >= 15 is 0 Å². The van der Waals surface area contributed by atoms with Gasteiger partial charge in [-0.25, -0.2) is 0 Å². The Kier molecular flexibility index (Phi) is 7.65. The van der Waals surface area contributed by atoms with Gasteiger partial charge in [0.2, 0.25) is 5.91 Å². The largest absolute Gasteiger partial charge is 0.341 e. The minimum Gasteiger partial charge on any atom is -0.341 e. The summed E-state index contributed by atoms with van der Waals surface area (Å²) >= 11 is 7.13. The Balaban J connectivity index is 2.70. The number of alkyl halides is 1. The maximum atomic E-state index is 12.1. The van der Waals surface area contributed by atoms with Gasteiger partial charge < -0.3 is 10.6 Å². The zero-order valence-electron chi connectivity index (χ0n) is 11.6. The van der Waals surface area contributed by atoms with Crippen molar-refractivity contribution in [3.8, 4) is 6.07 Å². The fourth-order valence-corrected chi connectivity index (χ4v) is 2.33. The van der Waals surface area contributed by atoms with Gasteiger partial charge in [0.15, 0.2) is 0 Å². The van der Waals surface area contributed by atoms with Gasteiger partial charge in [0, 0.05) is 17.2 Å². The molecule has 0 heterocycles. The Bertz CT molecular complexity index is 528. The van der Waals surface area contributed by atoms with Crippen LogP contribution in [0.3, 0.4) is 0 Å².